The lowest BCUT2D eigenvalue weighted by atomic mass is 10.0. The van der Waals surface area contributed by atoms with Crippen LogP contribution in [0.5, 0.6) is 11.5 Å². The fourth-order valence-electron chi connectivity index (χ4n) is 1.94. The third-order valence-electron chi connectivity index (χ3n) is 2.76. The minimum absolute atomic E-state index is 0.511. The van der Waals surface area contributed by atoms with Gasteiger partial charge in [0.2, 0.25) is 0 Å². The van der Waals surface area contributed by atoms with Crippen LogP contribution in [0.15, 0.2) is 42.5 Å². The van der Waals surface area contributed by atoms with Gasteiger partial charge in [0.05, 0.1) is 25.3 Å². The summed E-state index contributed by atoms with van der Waals surface area (Å²) >= 11 is 0. The molecule has 2 aromatic rings. The number of benzene rings is 2. The first-order valence-electron chi connectivity index (χ1n) is 5.57. The van der Waals surface area contributed by atoms with Crippen LogP contribution in [0, 0.1) is 0 Å². The Balaban J connectivity index is 2.73. The third kappa shape index (κ3) is 2.07. The normalized spacial score (nSPS) is 9.89. The van der Waals surface area contributed by atoms with Crippen molar-refractivity contribution in [2.24, 2.45) is 0 Å². The van der Waals surface area contributed by atoms with E-state index < -0.39 is 0 Å². The first kappa shape index (κ1) is 12.2. The van der Waals surface area contributed by atoms with Crippen LogP contribution in [0.4, 0.5) is 0 Å². The molecule has 0 radical (unpaired) electrons. The largest absolute Gasteiger partial charge is 0.496 e. The minimum atomic E-state index is 0.511. The maximum Gasteiger partial charge on any atom is 0.153 e. The van der Waals surface area contributed by atoms with E-state index >= 15 is 0 Å². The molecule has 0 atom stereocenters. The lowest BCUT2D eigenvalue weighted by molar-refractivity contribution is 0.112. The monoisotopic (exact) mass is 242 g/mol. The van der Waals surface area contributed by atoms with Crippen molar-refractivity contribution in [1.82, 2.24) is 0 Å². The Labute approximate surface area is 106 Å². The van der Waals surface area contributed by atoms with Crippen LogP contribution in [-0.2, 0) is 0 Å². The molecule has 92 valence electrons. The Morgan fingerprint density at radius 1 is 0.944 bits per heavy atom. The second kappa shape index (κ2) is 5.36. The Hall–Kier alpha value is -2.29. The smallest absolute Gasteiger partial charge is 0.153 e. The fraction of sp³-hybridized carbons (Fsp3) is 0.133. The SMILES string of the molecule is COc1ccc(C=O)c(OC)c1-c1ccccc1. The van der Waals surface area contributed by atoms with Gasteiger partial charge in [0.25, 0.3) is 0 Å². The number of methoxy groups -OCH3 is 2. The zero-order chi connectivity index (χ0) is 13.0. The van der Waals surface area contributed by atoms with Crippen molar-refractivity contribution in [3.05, 3.63) is 48.0 Å². The molecule has 0 aliphatic rings. The van der Waals surface area contributed by atoms with Crippen molar-refractivity contribution in [3.63, 3.8) is 0 Å². The molecule has 3 heteroatoms. The molecule has 0 unspecified atom stereocenters. The number of hydrogen-bond donors (Lipinski definition) is 0. The van der Waals surface area contributed by atoms with Gasteiger partial charge in [-0.25, -0.2) is 0 Å². The number of carbonyl (C=O) groups excluding carboxylic acids is 1. The van der Waals surface area contributed by atoms with Crippen molar-refractivity contribution in [3.8, 4) is 22.6 Å². The molecule has 0 bridgehead atoms. The molecule has 2 rings (SSSR count). The van der Waals surface area contributed by atoms with Crippen LogP contribution in [-0.4, -0.2) is 20.5 Å². The lowest BCUT2D eigenvalue weighted by Gasteiger charge is -2.14. The highest BCUT2D eigenvalue weighted by Gasteiger charge is 2.15. The average Bonchev–Trinajstić information content (AvgIpc) is 2.46. The molecule has 0 amide bonds. The fourth-order valence-corrected chi connectivity index (χ4v) is 1.94. The molecule has 0 heterocycles. The molecule has 0 N–H and O–H groups in total. The second-order valence-electron chi connectivity index (χ2n) is 3.75. The predicted octanol–water partition coefficient (Wildman–Crippen LogP) is 3.18. The summed E-state index contributed by atoms with van der Waals surface area (Å²) in [5.74, 6) is 1.22. The molecule has 0 aliphatic carbocycles. The summed E-state index contributed by atoms with van der Waals surface area (Å²) in [4.78, 5) is 11.0. The molecule has 3 nitrogen and oxygen atoms in total. The number of ether oxygens (including phenoxy) is 2. The number of carbonyl (C=O) groups is 1. The average molecular weight is 242 g/mol. The number of aldehydes is 1. The highest BCUT2D eigenvalue weighted by Crippen LogP contribution is 2.40. The molecule has 18 heavy (non-hydrogen) atoms. The van der Waals surface area contributed by atoms with Crippen LogP contribution in [0.1, 0.15) is 10.4 Å². The Bertz CT molecular complexity index is 547. The summed E-state index contributed by atoms with van der Waals surface area (Å²) in [7, 11) is 3.15. The molecule has 0 fully saturated rings. The van der Waals surface area contributed by atoms with E-state index in [-0.39, 0.29) is 0 Å². The van der Waals surface area contributed by atoms with Crippen LogP contribution >= 0.6 is 0 Å². The number of rotatable bonds is 4. The van der Waals surface area contributed by atoms with Crippen LogP contribution in [0.25, 0.3) is 11.1 Å². The van der Waals surface area contributed by atoms with Gasteiger partial charge in [-0.1, -0.05) is 30.3 Å². The lowest BCUT2D eigenvalue weighted by Crippen LogP contribution is -1.97. The Kier molecular flexibility index (Phi) is 3.63. The number of hydrogen-bond acceptors (Lipinski definition) is 3. The van der Waals surface area contributed by atoms with Gasteiger partial charge in [0.15, 0.2) is 6.29 Å². The van der Waals surface area contributed by atoms with E-state index in [4.69, 9.17) is 9.47 Å². The molecule has 0 aromatic heterocycles. The maximum atomic E-state index is 11.0. The van der Waals surface area contributed by atoms with Gasteiger partial charge >= 0.3 is 0 Å². The molecular weight excluding hydrogens is 228 g/mol. The summed E-state index contributed by atoms with van der Waals surface area (Å²) in [5, 5.41) is 0. The van der Waals surface area contributed by atoms with Crippen molar-refractivity contribution in [2.45, 2.75) is 0 Å². The van der Waals surface area contributed by atoms with E-state index in [1.807, 2.05) is 30.3 Å². The van der Waals surface area contributed by atoms with Gasteiger partial charge in [-0.3, -0.25) is 4.79 Å². The molecule has 0 aliphatic heterocycles. The zero-order valence-corrected chi connectivity index (χ0v) is 10.3. The summed E-state index contributed by atoms with van der Waals surface area (Å²) in [5.41, 5.74) is 2.26. The van der Waals surface area contributed by atoms with E-state index in [9.17, 15) is 4.79 Å². The quantitative estimate of drug-likeness (QED) is 0.772. The van der Waals surface area contributed by atoms with Gasteiger partial charge in [-0.2, -0.15) is 0 Å². The second-order valence-corrected chi connectivity index (χ2v) is 3.75. The molecular formula is C15H14O3. The highest BCUT2D eigenvalue weighted by molar-refractivity contribution is 5.88. The van der Waals surface area contributed by atoms with Crippen molar-refractivity contribution >= 4 is 6.29 Å². The van der Waals surface area contributed by atoms with Gasteiger partial charge in [0.1, 0.15) is 11.5 Å². The van der Waals surface area contributed by atoms with E-state index in [0.29, 0.717) is 17.1 Å². The molecule has 0 saturated heterocycles. The molecule has 2 aromatic carbocycles. The molecule has 0 spiro atoms. The highest BCUT2D eigenvalue weighted by atomic mass is 16.5. The first-order valence-corrected chi connectivity index (χ1v) is 5.57. The Morgan fingerprint density at radius 3 is 2.22 bits per heavy atom. The van der Waals surface area contributed by atoms with E-state index in [1.54, 1.807) is 26.4 Å². The van der Waals surface area contributed by atoms with Gasteiger partial charge in [-0.15, -0.1) is 0 Å². The van der Waals surface area contributed by atoms with E-state index in [1.165, 1.54) is 0 Å². The van der Waals surface area contributed by atoms with Gasteiger partial charge in [0, 0.05) is 0 Å². The zero-order valence-electron chi connectivity index (χ0n) is 10.3. The summed E-state index contributed by atoms with van der Waals surface area (Å²) in [6.45, 7) is 0. The topological polar surface area (TPSA) is 35.5 Å². The van der Waals surface area contributed by atoms with Crippen LogP contribution in [0.2, 0.25) is 0 Å². The first-order chi connectivity index (χ1) is 8.81. The summed E-state index contributed by atoms with van der Waals surface area (Å²) in [6, 6.07) is 13.2. The van der Waals surface area contributed by atoms with Gasteiger partial charge in [-0.05, 0) is 17.7 Å². The van der Waals surface area contributed by atoms with Crippen molar-refractivity contribution in [2.75, 3.05) is 14.2 Å². The maximum absolute atomic E-state index is 11.0. The minimum Gasteiger partial charge on any atom is -0.496 e. The summed E-state index contributed by atoms with van der Waals surface area (Å²) < 4.78 is 10.7. The molecule has 0 saturated carbocycles. The Morgan fingerprint density at radius 2 is 1.67 bits per heavy atom. The van der Waals surface area contributed by atoms with E-state index in [2.05, 4.69) is 0 Å². The standard InChI is InChI=1S/C15H14O3/c1-17-13-9-8-12(10-16)15(18-2)14(13)11-6-4-3-5-7-11/h3-10H,1-2H3. The van der Waals surface area contributed by atoms with Crippen molar-refractivity contribution in [1.29, 1.82) is 0 Å². The predicted molar refractivity (Wildman–Crippen MR) is 70.4 cm³/mol. The third-order valence-corrected chi connectivity index (χ3v) is 2.76. The van der Waals surface area contributed by atoms with Gasteiger partial charge < -0.3 is 9.47 Å². The van der Waals surface area contributed by atoms with Crippen molar-refractivity contribution < 1.29 is 14.3 Å². The summed E-state index contributed by atoms with van der Waals surface area (Å²) in [6.07, 6.45) is 0.782. The van der Waals surface area contributed by atoms with Crippen LogP contribution in [0.3, 0.4) is 0 Å². The van der Waals surface area contributed by atoms with Crippen LogP contribution < -0.4 is 9.47 Å². The van der Waals surface area contributed by atoms with E-state index in [0.717, 1.165) is 17.4 Å².